The van der Waals surface area contributed by atoms with E-state index in [1.807, 2.05) is 0 Å². The summed E-state index contributed by atoms with van der Waals surface area (Å²) in [5.74, 6) is -0.464. The lowest BCUT2D eigenvalue weighted by atomic mass is 9.89. The molecule has 2 bridgehead atoms. The number of piperidine rings is 1. The standard InChI is InChI=1S/C15H24N2O4/c1-2-10-5-6-17(13(7-10)14(18)19)15(20)16-8-11-3-4-12(9-16)21-11/h10-13H,2-9H2,1H3,(H,18,19). The molecule has 6 heteroatoms. The van der Waals surface area contributed by atoms with Gasteiger partial charge in [-0.15, -0.1) is 0 Å². The van der Waals surface area contributed by atoms with E-state index >= 15 is 0 Å². The molecule has 3 heterocycles. The van der Waals surface area contributed by atoms with E-state index in [9.17, 15) is 14.7 Å². The Morgan fingerprint density at radius 2 is 1.86 bits per heavy atom. The summed E-state index contributed by atoms with van der Waals surface area (Å²) >= 11 is 0. The molecular formula is C15H24N2O4. The number of rotatable bonds is 2. The predicted molar refractivity (Wildman–Crippen MR) is 76.0 cm³/mol. The molecule has 4 unspecified atom stereocenters. The number of aliphatic carboxylic acids is 1. The van der Waals surface area contributed by atoms with Crippen molar-refractivity contribution in [3.8, 4) is 0 Å². The number of morpholine rings is 1. The molecule has 3 aliphatic heterocycles. The monoisotopic (exact) mass is 296 g/mol. The van der Waals surface area contributed by atoms with Crippen LogP contribution in [0.4, 0.5) is 4.79 Å². The van der Waals surface area contributed by atoms with Crippen LogP contribution in [0.25, 0.3) is 0 Å². The molecule has 21 heavy (non-hydrogen) atoms. The summed E-state index contributed by atoms with van der Waals surface area (Å²) in [5.41, 5.74) is 0. The van der Waals surface area contributed by atoms with Gasteiger partial charge in [-0.2, -0.15) is 0 Å². The molecule has 3 aliphatic rings. The Balaban J connectivity index is 1.69. The topological polar surface area (TPSA) is 70.1 Å². The van der Waals surface area contributed by atoms with Crippen LogP contribution in [0.2, 0.25) is 0 Å². The van der Waals surface area contributed by atoms with Gasteiger partial charge >= 0.3 is 12.0 Å². The van der Waals surface area contributed by atoms with E-state index < -0.39 is 12.0 Å². The summed E-state index contributed by atoms with van der Waals surface area (Å²) in [6, 6.07) is -0.783. The van der Waals surface area contributed by atoms with Gasteiger partial charge in [-0.25, -0.2) is 9.59 Å². The summed E-state index contributed by atoms with van der Waals surface area (Å²) in [4.78, 5) is 27.6. The first-order valence-electron chi connectivity index (χ1n) is 8.02. The number of urea groups is 1. The molecule has 0 saturated carbocycles. The van der Waals surface area contributed by atoms with E-state index in [2.05, 4.69) is 6.92 Å². The van der Waals surface area contributed by atoms with Gasteiger partial charge in [0.1, 0.15) is 6.04 Å². The Morgan fingerprint density at radius 1 is 1.19 bits per heavy atom. The Morgan fingerprint density at radius 3 is 2.43 bits per heavy atom. The highest BCUT2D eigenvalue weighted by molar-refractivity contribution is 5.83. The Labute approximate surface area is 125 Å². The van der Waals surface area contributed by atoms with Gasteiger partial charge in [0.05, 0.1) is 12.2 Å². The van der Waals surface area contributed by atoms with Gasteiger partial charge < -0.3 is 19.6 Å². The lowest BCUT2D eigenvalue weighted by Crippen LogP contribution is -2.57. The fourth-order valence-corrected chi connectivity index (χ4v) is 3.82. The fourth-order valence-electron chi connectivity index (χ4n) is 3.82. The highest BCUT2D eigenvalue weighted by atomic mass is 16.5. The van der Waals surface area contributed by atoms with Crippen LogP contribution in [0.3, 0.4) is 0 Å². The third-order valence-electron chi connectivity index (χ3n) is 5.13. The number of amides is 2. The summed E-state index contributed by atoms with van der Waals surface area (Å²) < 4.78 is 5.75. The average molecular weight is 296 g/mol. The van der Waals surface area contributed by atoms with Crippen molar-refractivity contribution >= 4 is 12.0 Å². The highest BCUT2D eigenvalue weighted by Crippen LogP contribution is 2.30. The van der Waals surface area contributed by atoms with Crippen LogP contribution < -0.4 is 0 Å². The fraction of sp³-hybridized carbons (Fsp3) is 0.867. The first-order valence-corrected chi connectivity index (χ1v) is 8.02. The van der Waals surface area contributed by atoms with Crippen LogP contribution in [0.15, 0.2) is 0 Å². The molecule has 3 fully saturated rings. The predicted octanol–water partition coefficient (Wildman–Crippen LogP) is 1.54. The van der Waals surface area contributed by atoms with Crippen molar-refractivity contribution in [3.63, 3.8) is 0 Å². The van der Waals surface area contributed by atoms with E-state index in [1.54, 1.807) is 9.80 Å². The van der Waals surface area contributed by atoms with E-state index in [1.165, 1.54) is 0 Å². The van der Waals surface area contributed by atoms with Crippen molar-refractivity contribution in [2.75, 3.05) is 19.6 Å². The minimum Gasteiger partial charge on any atom is -0.480 e. The van der Waals surface area contributed by atoms with Crippen molar-refractivity contribution < 1.29 is 19.4 Å². The van der Waals surface area contributed by atoms with Crippen molar-refractivity contribution in [2.24, 2.45) is 5.92 Å². The zero-order valence-electron chi connectivity index (χ0n) is 12.5. The molecule has 3 saturated heterocycles. The van der Waals surface area contributed by atoms with Crippen molar-refractivity contribution in [2.45, 2.75) is 57.3 Å². The van der Waals surface area contributed by atoms with Crippen LogP contribution in [0.5, 0.6) is 0 Å². The lowest BCUT2D eigenvalue weighted by molar-refractivity contribution is -0.144. The first kappa shape index (κ1) is 14.6. The molecule has 118 valence electrons. The number of carboxylic acid groups (broad SMARTS) is 1. The number of carboxylic acids is 1. The number of ether oxygens (including phenoxy) is 1. The number of nitrogens with zero attached hydrogens (tertiary/aromatic N) is 2. The summed E-state index contributed by atoms with van der Waals surface area (Å²) in [6.07, 6.45) is 4.77. The average Bonchev–Trinajstić information content (AvgIpc) is 2.84. The molecule has 2 amide bonds. The van der Waals surface area contributed by atoms with Gasteiger partial charge in [0, 0.05) is 19.6 Å². The van der Waals surface area contributed by atoms with Crippen molar-refractivity contribution in [1.82, 2.24) is 9.80 Å². The van der Waals surface area contributed by atoms with Gasteiger partial charge in [-0.05, 0) is 31.6 Å². The van der Waals surface area contributed by atoms with Gasteiger partial charge in [0.15, 0.2) is 0 Å². The van der Waals surface area contributed by atoms with Crippen LogP contribution >= 0.6 is 0 Å². The molecule has 0 spiro atoms. The third kappa shape index (κ3) is 2.86. The Bertz CT molecular complexity index is 416. The van der Waals surface area contributed by atoms with Crippen LogP contribution in [0.1, 0.15) is 39.0 Å². The molecule has 1 N–H and O–H groups in total. The van der Waals surface area contributed by atoms with Gasteiger partial charge in [0.25, 0.3) is 0 Å². The SMILES string of the molecule is CCC1CCN(C(=O)N2CC3CCC(C2)O3)C(C(=O)O)C1. The molecule has 3 rings (SSSR count). The molecule has 0 radical (unpaired) electrons. The summed E-state index contributed by atoms with van der Waals surface area (Å²) in [6.45, 7) is 3.85. The molecular weight excluding hydrogens is 272 g/mol. The lowest BCUT2D eigenvalue weighted by Gasteiger charge is -2.41. The molecule has 4 atom stereocenters. The molecule has 0 aromatic carbocycles. The minimum absolute atomic E-state index is 0.114. The van der Waals surface area contributed by atoms with E-state index in [4.69, 9.17) is 4.74 Å². The van der Waals surface area contributed by atoms with E-state index in [0.29, 0.717) is 32.0 Å². The van der Waals surface area contributed by atoms with Gasteiger partial charge in [-0.1, -0.05) is 13.3 Å². The second kappa shape index (κ2) is 5.83. The number of carbonyl (C=O) groups is 2. The largest absolute Gasteiger partial charge is 0.480 e. The molecule has 0 aromatic heterocycles. The van der Waals surface area contributed by atoms with Crippen LogP contribution in [-0.2, 0) is 9.53 Å². The Hall–Kier alpha value is -1.30. The maximum absolute atomic E-state index is 12.7. The zero-order valence-corrected chi connectivity index (χ0v) is 12.5. The summed E-state index contributed by atoms with van der Waals surface area (Å²) in [7, 11) is 0. The maximum Gasteiger partial charge on any atom is 0.326 e. The normalized spacial score (nSPS) is 35.9. The number of hydrogen-bond donors (Lipinski definition) is 1. The number of carbonyl (C=O) groups excluding carboxylic acids is 1. The number of likely N-dealkylation sites (tertiary alicyclic amines) is 2. The first-order chi connectivity index (χ1) is 10.1. The summed E-state index contributed by atoms with van der Waals surface area (Å²) in [5, 5.41) is 9.45. The number of hydrogen-bond acceptors (Lipinski definition) is 3. The van der Waals surface area contributed by atoms with Gasteiger partial charge in [-0.3, -0.25) is 0 Å². The molecule has 0 aliphatic carbocycles. The van der Waals surface area contributed by atoms with E-state index in [0.717, 1.165) is 25.7 Å². The quantitative estimate of drug-likeness (QED) is 0.839. The van der Waals surface area contributed by atoms with Gasteiger partial charge in [0.2, 0.25) is 0 Å². The third-order valence-corrected chi connectivity index (χ3v) is 5.13. The second-order valence-electron chi connectivity index (χ2n) is 6.49. The van der Waals surface area contributed by atoms with E-state index in [-0.39, 0.29) is 18.2 Å². The highest BCUT2D eigenvalue weighted by Gasteiger charge is 2.41. The van der Waals surface area contributed by atoms with Crippen LogP contribution in [-0.4, -0.2) is 64.8 Å². The molecule has 6 nitrogen and oxygen atoms in total. The zero-order chi connectivity index (χ0) is 15.0. The van der Waals surface area contributed by atoms with Crippen molar-refractivity contribution in [1.29, 1.82) is 0 Å². The Kier molecular flexibility index (Phi) is 4.06. The number of fused-ring (bicyclic) bond motifs is 2. The smallest absolute Gasteiger partial charge is 0.326 e. The maximum atomic E-state index is 12.7. The second-order valence-corrected chi connectivity index (χ2v) is 6.49. The van der Waals surface area contributed by atoms with Crippen molar-refractivity contribution in [3.05, 3.63) is 0 Å². The molecule has 0 aromatic rings. The minimum atomic E-state index is -0.877. The van der Waals surface area contributed by atoms with Crippen LogP contribution in [0, 0.1) is 5.92 Å².